The second-order valence-corrected chi connectivity index (χ2v) is 4.21. The Morgan fingerprint density at radius 3 is 2.40 bits per heavy atom. The van der Waals surface area contributed by atoms with Crippen LogP contribution in [0.1, 0.15) is 0 Å². The van der Waals surface area contributed by atoms with Crippen LogP contribution in [0.25, 0.3) is 0 Å². The third kappa shape index (κ3) is 2.50. The molecule has 0 fully saturated rings. The molecule has 3 heteroatoms. The van der Waals surface area contributed by atoms with Crippen molar-refractivity contribution in [2.75, 3.05) is 5.73 Å². The predicted molar refractivity (Wildman–Crippen MR) is 61.4 cm³/mol. The van der Waals surface area contributed by atoms with Crippen molar-refractivity contribution in [1.29, 1.82) is 0 Å². The average Bonchev–Trinajstić information content (AvgIpc) is 2.24. The van der Waals surface area contributed by atoms with E-state index in [1.54, 1.807) is 6.07 Å². The highest BCUT2D eigenvalue weighted by Gasteiger charge is 2.02. The number of rotatable bonds is 2. The Hall–Kier alpha value is -1.48. The van der Waals surface area contributed by atoms with Crippen LogP contribution in [-0.2, 0) is 0 Å². The second-order valence-electron chi connectivity index (χ2n) is 3.10. The number of hydrogen-bond acceptors (Lipinski definition) is 2. The van der Waals surface area contributed by atoms with Crippen LogP contribution in [0.15, 0.2) is 58.3 Å². The van der Waals surface area contributed by atoms with Crippen molar-refractivity contribution in [3.05, 3.63) is 54.3 Å². The number of halogens is 1. The van der Waals surface area contributed by atoms with Gasteiger partial charge in [0.15, 0.2) is 0 Å². The average molecular weight is 219 g/mol. The van der Waals surface area contributed by atoms with Crippen molar-refractivity contribution >= 4 is 17.4 Å². The lowest BCUT2D eigenvalue weighted by atomic mass is 10.3. The van der Waals surface area contributed by atoms with E-state index in [9.17, 15) is 4.39 Å². The Labute approximate surface area is 92.1 Å². The quantitative estimate of drug-likeness (QED) is 0.781. The minimum atomic E-state index is -0.301. The highest BCUT2D eigenvalue weighted by Crippen LogP contribution is 2.31. The number of nitrogens with two attached hydrogens (primary N) is 1. The molecule has 15 heavy (non-hydrogen) atoms. The zero-order chi connectivity index (χ0) is 10.7. The Balaban J connectivity index is 2.25. The molecular weight excluding hydrogens is 209 g/mol. The van der Waals surface area contributed by atoms with Gasteiger partial charge in [-0.15, -0.1) is 0 Å². The van der Waals surface area contributed by atoms with Crippen molar-refractivity contribution in [1.82, 2.24) is 0 Å². The molecule has 0 spiro atoms. The number of benzene rings is 2. The molecule has 0 saturated heterocycles. The van der Waals surface area contributed by atoms with E-state index in [1.165, 1.54) is 23.9 Å². The molecule has 0 aromatic heterocycles. The van der Waals surface area contributed by atoms with Crippen LogP contribution in [0.5, 0.6) is 0 Å². The van der Waals surface area contributed by atoms with Gasteiger partial charge in [-0.2, -0.15) is 0 Å². The number of anilines is 1. The van der Waals surface area contributed by atoms with Gasteiger partial charge in [0.25, 0.3) is 0 Å². The fraction of sp³-hybridized carbons (Fsp3) is 0. The van der Waals surface area contributed by atoms with Gasteiger partial charge in [0, 0.05) is 15.5 Å². The summed E-state index contributed by atoms with van der Waals surface area (Å²) in [4.78, 5) is 1.97. The van der Waals surface area contributed by atoms with Crippen molar-refractivity contribution in [2.24, 2.45) is 0 Å². The van der Waals surface area contributed by atoms with E-state index in [-0.39, 0.29) is 5.82 Å². The number of nitrogen functional groups attached to an aromatic ring is 1. The minimum absolute atomic E-state index is 0.301. The summed E-state index contributed by atoms with van der Waals surface area (Å²) in [5.41, 5.74) is 6.18. The fourth-order valence-electron chi connectivity index (χ4n) is 1.23. The SMILES string of the molecule is Nc1cc(F)ccc1Sc1ccccc1. The Bertz CT molecular complexity index is 456. The lowest BCUT2D eigenvalue weighted by Gasteiger charge is -2.04. The smallest absolute Gasteiger partial charge is 0.125 e. The molecular formula is C12H10FNS. The third-order valence-electron chi connectivity index (χ3n) is 1.94. The molecule has 0 heterocycles. The van der Waals surface area contributed by atoms with Gasteiger partial charge in [-0.1, -0.05) is 30.0 Å². The molecule has 0 amide bonds. The Kier molecular flexibility index (Phi) is 2.92. The molecule has 2 N–H and O–H groups in total. The van der Waals surface area contributed by atoms with E-state index in [0.29, 0.717) is 5.69 Å². The molecule has 76 valence electrons. The fourth-order valence-corrected chi connectivity index (χ4v) is 2.09. The van der Waals surface area contributed by atoms with Crippen LogP contribution in [0.4, 0.5) is 10.1 Å². The van der Waals surface area contributed by atoms with Crippen LogP contribution in [0.3, 0.4) is 0 Å². The maximum absolute atomic E-state index is 12.8. The van der Waals surface area contributed by atoms with Crippen molar-refractivity contribution in [3.8, 4) is 0 Å². The highest BCUT2D eigenvalue weighted by molar-refractivity contribution is 7.99. The van der Waals surface area contributed by atoms with E-state index in [2.05, 4.69) is 0 Å². The summed E-state index contributed by atoms with van der Waals surface area (Å²) in [5.74, 6) is -0.301. The summed E-state index contributed by atoms with van der Waals surface area (Å²) in [7, 11) is 0. The normalized spacial score (nSPS) is 10.2. The molecule has 2 aromatic carbocycles. The monoisotopic (exact) mass is 219 g/mol. The lowest BCUT2D eigenvalue weighted by molar-refractivity contribution is 0.627. The first-order chi connectivity index (χ1) is 7.25. The maximum atomic E-state index is 12.8. The van der Waals surface area contributed by atoms with E-state index in [1.807, 2.05) is 30.3 Å². The van der Waals surface area contributed by atoms with Gasteiger partial charge in [-0.25, -0.2) is 4.39 Å². The van der Waals surface area contributed by atoms with E-state index in [4.69, 9.17) is 5.73 Å². The number of hydrogen-bond donors (Lipinski definition) is 1. The van der Waals surface area contributed by atoms with E-state index < -0.39 is 0 Å². The minimum Gasteiger partial charge on any atom is -0.398 e. The third-order valence-corrected chi connectivity index (χ3v) is 3.04. The zero-order valence-corrected chi connectivity index (χ0v) is 8.80. The van der Waals surface area contributed by atoms with Gasteiger partial charge >= 0.3 is 0 Å². The topological polar surface area (TPSA) is 26.0 Å². The van der Waals surface area contributed by atoms with Crippen LogP contribution >= 0.6 is 11.8 Å². The summed E-state index contributed by atoms with van der Waals surface area (Å²) in [5, 5.41) is 0. The molecule has 0 saturated carbocycles. The molecule has 0 unspecified atom stereocenters. The van der Waals surface area contributed by atoms with Crippen molar-refractivity contribution < 1.29 is 4.39 Å². The van der Waals surface area contributed by atoms with Gasteiger partial charge in [0.05, 0.1) is 0 Å². The molecule has 0 radical (unpaired) electrons. The Morgan fingerprint density at radius 2 is 1.73 bits per heavy atom. The van der Waals surface area contributed by atoms with Gasteiger partial charge < -0.3 is 5.73 Å². The van der Waals surface area contributed by atoms with Gasteiger partial charge in [-0.3, -0.25) is 0 Å². The maximum Gasteiger partial charge on any atom is 0.125 e. The summed E-state index contributed by atoms with van der Waals surface area (Å²) in [6.45, 7) is 0. The molecule has 0 aliphatic rings. The van der Waals surface area contributed by atoms with Gasteiger partial charge in [-0.05, 0) is 30.3 Å². The standard InChI is InChI=1S/C12H10FNS/c13-9-6-7-12(11(14)8-9)15-10-4-2-1-3-5-10/h1-8H,14H2. The first-order valence-corrected chi connectivity index (χ1v) is 5.35. The van der Waals surface area contributed by atoms with E-state index >= 15 is 0 Å². The molecule has 0 bridgehead atoms. The predicted octanol–water partition coefficient (Wildman–Crippen LogP) is 3.56. The first kappa shape index (κ1) is 10.1. The molecule has 0 atom stereocenters. The lowest BCUT2D eigenvalue weighted by Crippen LogP contribution is -1.89. The van der Waals surface area contributed by atoms with Crippen molar-refractivity contribution in [3.63, 3.8) is 0 Å². The first-order valence-electron chi connectivity index (χ1n) is 4.53. The van der Waals surface area contributed by atoms with Gasteiger partial charge in [0.2, 0.25) is 0 Å². The molecule has 1 nitrogen and oxygen atoms in total. The van der Waals surface area contributed by atoms with Crippen LogP contribution in [-0.4, -0.2) is 0 Å². The summed E-state index contributed by atoms with van der Waals surface area (Å²) >= 11 is 1.53. The molecule has 2 rings (SSSR count). The van der Waals surface area contributed by atoms with Crippen LogP contribution < -0.4 is 5.73 Å². The summed E-state index contributed by atoms with van der Waals surface area (Å²) in [6.07, 6.45) is 0. The summed E-state index contributed by atoms with van der Waals surface area (Å²) < 4.78 is 12.8. The van der Waals surface area contributed by atoms with Crippen LogP contribution in [0.2, 0.25) is 0 Å². The van der Waals surface area contributed by atoms with Crippen LogP contribution in [0, 0.1) is 5.82 Å². The van der Waals surface area contributed by atoms with Gasteiger partial charge in [0.1, 0.15) is 5.82 Å². The largest absolute Gasteiger partial charge is 0.398 e. The summed E-state index contributed by atoms with van der Waals surface area (Å²) in [6, 6.07) is 14.3. The highest BCUT2D eigenvalue weighted by atomic mass is 32.2. The molecule has 0 aliphatic heterocycles. The second kappa shape index (κ2) is 4.36. The zero-order valence-electron chi connectivity index (χ0n) is 7.98. The van der Waals surface area contributed by atoms with E-state index in [0.717, 1.165) is 9.79 Å². The Morgan fingerprint density at radius 1 is 1.00 bits per heavy atom. The molecule has 0 aliphatic carbocycles. The van der Waals surface area contributed by atoms with Crippen molar-refractivity contribution in [2.45, 2.75) is 9.79 Å². The molecule has 2 aromatic rings.